The molecular formula is C33H29ClN2O. The van der Waals surface area contributed by atoms with E-state index in [1.165, 1.54) is 22.4 Å². The number of nitrogens with zero attached hydrogens (tertiary/aromatic N) is 1. The summed E-state index contributed by atoms with van der Waals surface area (Å²) in [5, 5.41) is 4.39. The van der Waals surface area contributed by atoms with Gasteiger partial charge in [0.15, 0.2) is 0 Å². The van der Waals surface area contributed by atoms with Crippen molar-refractivity contribution in [1.29, 1.82) is 0 Å². The molecule has 2 aliphatic rings. The standard InChI is InChI=1S/C33H29ClN2O/c1-22-10-16-31-29(18-22)27-8-5-9-28(27)33(36-31)25-12-14-26(15-13-25)35-20-24-11-17-32(30(34)19-24)37-21-23-6-3-2-4-7-23/h2-8,10-20,27-28,33,36H,9,21H2,1H3/t27-,28-,33-/m1/s1. The van der Waals surface area contributed by atoms with E-state index in [2.05, 4.69) is 71.8 Å². The lowest BCUT2D eigenvalue weighted by molar-refractivity contribution is 0.306. The molecule has 1 aliphatic heterocycles. The summed E-state index contributed by atoms with van der Waals surface area (Å²) >= 11 is 6.47. The molecule has 0 saturated carbocycles. The van der Waals surface area contributed by atoms with Crippen molar-refractivity contribution < 1.29 is 4.74 Å². The third kappa shape index (κ3) is 5.05. The fraction of sp³-hybridized carbons (Fsp3) is 0.182. The Morgan fingerprint density at radius 3 is 2.62 bits per heavy atom. The number of benzene rings is 4. The zero-order valence-electron chi connectivity index (χ0n) is 20.8. The molecule has 0 saturated heterocycles. The quantitative estimate of drug-likeness (QED) is 0.210. The number of aryl methyl sites for hydroxylation is 1. The van der Waals surface area contributed by atoms with E-state index < -0.39 is 0 Å². The number of hydrogen-bond donors (Lipinski definition) is 1. The number of halogens is 1. The van der Waals surface area contributed by atoms with Crippen molar-refractivity contribution in [3.8, 4) is 5.75 Å². The number of ether oxygens (including phenoxy) is 1. The molecule has 0 bridgehead atoms. The number of allylic oxidation sites excluding steroid dienone is 2. The van der Waals surface area contributed by atoms with Gasteiger partial charge in [0, 0.05) is 17.8 Å². The Hall–Kier alpha value is -3.82. The van der Waals surface area contributed by atoms with E-state index in [0.717, 1.165) is 23.2 Å². The first-order valence-electron chi connectivity index (χ1n) is 12.8. The maximum absolute atomic E-state index is 6.47. The van der Waals surface area contributed by atoms with Crippen molar-refractivity contribution in [2.75, 3.05) is 5.32 Å². The molecule has 0 amide bonds. The Balaban J connectivity index is 1.14. The summed E-state index contributed by atoms with van der Waals surface area (Å²) in [6, 6.07) is 31.4. The van der Waals surface area contributed by atoms with Crippen LogP contribution in [0.5, 0.6) is 5.75 Å². The lowest BCUT2D eigenvalue weighted by atomic mass is 9.76. The van der Waals surface area contributed by atoms with E-state index in [1.54, 1.807) is 0 Å². The molecule has 0 fully saturated rings. The third-order valence-corrected chi connectivity index (χ3v) is 7.62. The molecule has 4 aromatic rings. The fourth-order valence-electron chi connectivity index (χ4n) is 5.41. The Morgan fingerprint density at radius 2 is 1.81 bits per heavy atom. The van der Waals surface area contributed by atoms with Crippen LogP contribution in [0, 0.1) is 12.8 Å². The highest BCUT2D eigenvalue weighted by Crippen LogP contribution is 2.50. The van der Waals surface area contributed by atoms with Gasteiger partial charge in [-0.1, -0.05) is 83.9 Å². The first-order valence-corrected chi connectivity index (χ1v) is 13.2. The number of rotatable bonds is 6. The zero-order chi connectivity index (χ0) is 25.2. The minimum absolute atomic E-state index is 0.287. The van der Waals surface area contributed by atoms with Crippen LogP contribution in [0.15, 0.2) is 108 Å². The molecule has 4 aromatic carbocycles. The monoisotopic (exact) mass is 504 g/mol. The Bertz CT molecular complexity index is 1460. The zero-order valence-corrected chi connectivity index (χ0v) is 21.5. The smallest absolute Gasteiger partial charge is 0.138 e. The average molecular weight is 505 g/mol. The van der Waals surface area contributed by atoms with Gasteiger partial charge in [0.25, 0.3) is 0 Å². The Kier molecular flexibility index (Phi) is 6.55. The van der Waals surface area contributed by atoms with Crippen molar-refractivity contribution in [2.45, 2.75) is 31.9 Å². The van der Waals surface area contributed by atoms with Crippen LogP contribution < -0.4 is 10.1 Å². The number of anilines is 1. The van der Waals surface area contributed by atoms with Gasteiger partial charge in [-0.05, 0) is 77.9 Å². The van der Waals surface area contributed by atoms with Crippen LogP contribution in [0.4, 0.5) is 11.4 Å². The summed E-state index contributed by atoms with van der Waals surface area (Å²) in [7, 11) is 0. The number of fused-ring (bicyclic) bond motifs is 3. The molecular weight excluding hydrogens is 476 g/mol. The molecule has 0 unspecified atom stereocenters. The number of aliphatic imine (C=N–C) groups is 1. The average Bonchev–Trinajstić information content (AvgIpc) is 3.43. The highest BCUT2D eigenvalue weighted by Gasteiger charge is 2.37. The molecule has 37 heavy (non-hydrogen) atoms. The summed E-state index contributed by atoms with van der Waals surface area (Å²) in [6.07, 6.45) is 7.67. The summed E-state index contributed by atoms with van der Waals surface area (Å²) in [4.78, 5) is 4.68. The molecule has 3 atom stereocenters. The van der Waals surface area contributed by atoms with E-state index in [-0.39, 0.29) is 6.04 Å². The van der Waals surface area contributed by atoms with Crippen LogP contribution in [0.3, 0.4) is 0 Å². The molecule has 1 aliphatic carbocycles. The number of hydrogen-bond acceptors (Lipinski definition) is 3. The fourth-order valence-corrected chi connectivity index (χ4v) is 5.65. The van der Waals surface area contributed by atoms with E-state index in [9.17, 15) is 0 Å². The SMILES string of the molecule is Cc1ccc2c(c1)[C@@H]1C=CC[C@H]1[C@@H](c1ccc(N=Cc3ccc(OCc4ccccc4)c(Cl)c3)cc1)N2. The minimum Gasteiger partial charge on any atom is -0.487 e. The summed E-state index contributed by atoms with van der Waals surface area (Å²) in [6.45, 7) is 2.65. The molecule has 0 aromatic heterocycles. The first-order chi connectivity index (χ1) is 18.1. The largest absolute Gasteiger partial charge is 0.487 e. The van der Waals surface area contributed by atoms with Gasteiger partial charge >= 0.3 is 0 Å². The summed E-state index contributed by atoms with van der Waals surface area (Å²) in [5.74, 6) is 1.68. The van der Waals surface area contributed by atoms with E-state index in [1.807, 2.05) is 54.7 Å². The van der Waals surface area contributed by atoms with Gasteiger partial charge in [0.1, 0.15) is 12.4 Å². The van der Waals surface area contributed by atoms with Crippen LogP contribution in [0.2, 0.25) is 5.02 Å². The lowest BCUT2D eigenvalue weighted by Crippen LogP contribution is -2.29. The van der Waals surface area contributed by atoms with Crippen molar-refractivity contribution in [3.05, 3.63) is 136 Å². The predicted octanol–water partition coefficient (Wildman–Crippen LogP) is 8.80. The topological polar surface area (TPSA) is 33.6 Å². The predicted molar refractivity (Wildman–Crippen MR) is 153 cm³/mol. The molecule has 4 heteroatoms. The van der Waals surface area contributed by atoms with E-state index >= 15 is 0 Å². The highest BCUT2D eigenvalue weighted by atomic mass is 35.5. The van der Waals surface area contributed by atoms with Gasteiger partial charge in [0.05, 0.1) is 16.8 Å². The highest BCUT2D eigenvalue weighted by molar-refractivity contribution is 6.32. The molecule has 1 heterocycles. The molecule has 0 spiro atoms. The van der Waals surface area contributed by atoms with Crippen LogP contribution in [-0.2, 0) is 6.61 Å². The van der Waals surface area contributed by atoms with Gasteiger partial charge in [-0.25, -0.2) is 0 Å². The van der Waals surface area contributed by atoms with Crippen molar-refractivity contribution in [2.24, 2.45) is 10.9 Å². The minimum atomic E-state index is 0.287. The molecule has 1 N–H and O–H groups in total. The van der Waals surface area contributed by atoms with Crippen LogP contribution >= 0.6 is 11.6 Å². The number of nitrogens with one attached hydrogen (secondary N) is 1. The van der Waals surface area contributed by atoms with Gasteiger partial charge < -0.3 is 10.1 Å². The Morgan fingerprint density at radius 1 is 0.973 bits per heavy atom. The van der Waals surface area contributed by atoms with Crippen molar-refractivity contribution in [3.63, 3.8) is 0 Å². The summed E-state index contributed by atoms with van der Waals surface area (Å²) < 4.78 is 5.88. The van der Waals surface area contributed by atoms with Crippen molar-refractivity contribution >= 4 is 29.2 Å². The lowest BCUT2D eigenvalue weighted by Gasteiger charge is -2.37. The van der Waals surface area contributed by atoms with Crippen LogP contribution in [-0.4, -0.2) is 6.21 Å². The molecule has 3 nitrogen and oxygen atoms in total. The van der Waals surface area contributed by atoms with E-state index in [4.69, 9.17) is 16.3 Å². The van der Waals surface area contributed by atoms with Gasteiger partial charge in [-0.2, -0.15) is 0 Å². The van der Waals surface area contributed by atoms with Crippen LogP contribution in [0.1, 0.15) is 46.2 Å². The second-order valence-corrected chi connectivity index (χ2v) is 10.3. The Labute approximate surface area is 223 Å². The van der Waals surface area contributed by atoms with E-state index in [0.29, 0.717) is 29.2 Å². The van der Waals surface area contributed by atoms with Gasteiger partial charge in [0.2, 0.25) is 0 Å². The second kappa shape index (κ2) is 10.3. The van der Waals surface area contributed by atoms with Crippen LogP contribution in [0.25, 0.3) is 0 Å². The maximum atomic E-state index is 6.47. The first kappa shape index (κ1) is 23.6. The summed E-state index contributed by atoms with van der Waals surface area (Å²) in [5.41, 5.74) is 8.24. The van der Waals surface area contributed by atoms with Gasteiger partial charge in [-0.3, -0.25) is 4.99 Å². The van der Waals surface area contributed by atoms with Gasteiger partial charge in [-0.15, -0.1) is 0 Å². The van der Waals surface area contributed by atoms with Crippen molar-refractivity contribution in [1.82, 2.24) is 0 Å². The third-order valence-electron chi connectivity index (χ3n) is 7.33. The molecule has 6 rings (SSSR count). The molecule has 184 valence electrons. The normalized spacial score (nSPS) is 19.9. The molecule has 0 radical (unpaired) electrons. The maximum Gasteiger partial charge on any atom is 0.138 e. The second-order valence-electron chi connectivity index (χ2n) is 9.88.